The van der Waals surface area contributed by atoms with Crippen LogP contribution in [0.15, 0.2) is 29.1 Å². The molecular formula is C14H17ClN2O. The quantitative estimate of drug-likeness (QED) is 0.793. The minimum atomic E-state index is -0.281. The van der Waals surface area contributed by atoms with E-state index in [0.717, 1.165) is 6.42 Å². The number of para-hydroxylation sites is 1. The van der Waals surface area contributed by atoms with Crippen LogP contribution in [0.5, 0.6) is 0 Å². The molecule has 2 rings (SSSR count). The monoisotopic (exact) mass is 264 g/mol. The first-order valence-corrected chi connectivity index (χ1v) is 6.65. The smallest absolute Gasteiger partial charge is 0.261 e. The lowest BCUT2D eigenvalue weighted by atomic mass is 10.2. The summed E-state index contributed by atoms with van der Waals surface area (Å²) < 4.78 is 1.72. The van der Waals surface area contributed by atoms with Gasteiger partial charge >= 0.3 is 0 Å². The summed E-state index contributed by atoms with van der Waals surface area (Å²) in [7, 11) is 0. The molecule has 2 atom stereocenters. The van der Waals surface area contributed by atoms with Gasteiger partial charge < -0.3 is 0 Å². The number of halogens is 1. The van der Waals surface area contributed by atoms with Gasteiger partial charge in [0, 0.05) is 6.04 Å². The molecule has 1 aromatic carbocycles. The Morgan fingerprint density at radius 1 is 1.33 bits per heavy atom. The number of alkyl halides is 1. The molecule has 2 unspecified atom stereocenters. The van der Waals surface area contributed by atoms with Gasteiger partial charge in [-0.25, -0.2) is 4.98 Å². The van der Waals surface area contributed by atoms with Gasteiger partial charge in [0.1, 0.15) is 5.82 Å². The molecule has 0 saturated carbocycles. The van der Waals surface area contributed by atoms with Crippen molar-refractivity contribution in [2.24, 2.45) is 0 Å². The first-order valence-electron chi connectivity index (χ1n) is 6.21. The lowest BCUT2D eigenvalue weighted by molar-refractivity contribution is 0.487. The minimum Gasteiger partial charge on any atom is -0.292 e. The second kappa shape index (κ2) is 5.11. The van der Waals surface area contributed by atoms with Gasteiger partial charge in [0.25, 0.3) is 5.56 Å². The van der Waals surface area contributed by atoms with Crippen LogP contribution in [0.1, 0.15) is 44.4 Å². The molecule has 1 heterocycles. The van der Waals surface area contributed by atoms with Crippen LogP contribution in [0.4, 0.5) is 0 Å². The minimum absolute atomic E-state index is 0.00236. The van der Waals surface area contributed by atoms with E-state index in [1.807, 2.05) is 38.1 Å². The first-order chi connectivity index (χ1) is 8.56. The maximum absolute atomic E-state index is 12.5. The van der Waals surface area contributed by atoms with Crippen molar-refractivity contribution >= 4 is 22.5 Å². The van der Waals surface area contributed by atoms with Gasteiger partial charge in [0.05, 0.1) is 16.3 Å². The number of nitrogens with zero attached hydrogens (tertiary/aromatic N) is 2. The molecule has 0 radical (unpaired) electrons. The van der Waals surface area contributed by atoms with Crippen molar-refractivity contribution < 1.29 is 0 Å². The predicted octanol–water partition coefficient (Wildman–Crippen LogP) is 3.67. The number of aromatic nitrogens is 2. The Balaban J connectivity index is 2.84. The van der Waals surface area contributed by atoms with E-state index >= 15 is 0 Å². The van der Waals surface area contributed by atoms with Crippen LogP contribution >= 0.6 is 11.6 Å². The maximum atomic E-state index is 12.5. The highest BCUT2D eigenvalue weighted by molar-refractivity contribution is 6.20. The lowest BCUT2D eigenvalue weighted by Gasteiger charge is -2.19. The zero-order chi connectivity index (χ0) is 13.3. The molecule has 2 aromatic rings. The molecule has 96 valence electrons. The fourth-order valence-corrected chi connectivity index (χ4v) is 2.21. The van der Waals surface area contributed by atoms with Gasteiger partial charge in [-0.05, 0) is 32.4 Å². The third-order valence-electron chi connectivity index (χ3n) is 3.22. The van der Waals surface area contributed by atoms with Gasteiger partial charge in [-0.15, -0.1) is 11.6 Å². The molecule has 4 heteroatoms. The number of benzene rings is 1. The summed E-state index contributed by atoms with van der Waals surface area (Å²) in [6.45, 7) is 5.91. The summed E-state index contributed by atoms with van der Waals surface area (Å²) in [5.41, 5.74) is 0.710. The zero-order valence-electron chi connectivity index (χ0n) is 10.9. The van der Waals surface area contributed by atoms with Crippen molar-refractivity contribution in [3.05, 3.63) is 40.4 Å². The topological polar surface area (TPSA) is 34.9 Å². The van der Waals surface area contributed by atoms with Crippen LogP contribution in [0.3, 0.4) is 0 Å². The molecule has 0 aliphatic carbocycles. The van der Waals surface area contributed by atoms with Crippen LogP contribution in [0.2, 0.25) is 0 Å². The van der Waals surface area contributed by atoms with E-state index in [9.17, 15) is 4.79 Å². The van der Waals surface area contributed by atoms with Gasteiger partial charge in [-0.3, -0.25) is 9.36 Å². The van der Waals surface area contributed by atoms with E-state index in [1.165, 1.54) is 0 Å². The molecule has 1 aromatic heterocycles. The van der Waals surface area contributed by atoms with Crippen molar-refractivity contribution in [2.45, 2.75) is 38.6 Å². The fraction of sp³-hybridized carbons (Fsp3) is 0.429. The molecule has 0 N–H and O–H groups in total. The van der Waals surface area contributed by atoms with Crippen LogP contribution in [-0.2, 0) is 0 Å². The Morgan fingerprint density at radius 2 is 2.00 bits per heavy atom. The molecule has 0 saturated heterocycles. The summed E-state index contributed by atoms with van der Waals surface area (Å²) in [5.74, 6) is 0.648. The molecule has 18 heavy (non-hydrogen) atoms. The van der Waals surface area contributed by atoms with Crippen molar-refractivity contribution in [3.63, 3.8) is 0 Å². The number of rotatable bonds is 3. The van der Waals surface area contributed by atoms with E-state index in [-0.39, 0.29) is 17.0 Å². The van der Waals surface area contributed by atoms with Crippen LogP contribution in [0.25, 0.3) is 10.9 Å². The summed E-state index contributed by atoms with van der Waals surface area (Å²) >= 11 is 6.16. The van der Waals surface area contributed by atoms with Crippen LogP contribution in [-0.4, -0.2) is 9.55 Å². The third-order valence-corrected chi connectivity index (χ3v) is 3.42. The van der Waals surface area contributed by atoms with E-state index in [4.69, 9.17) is 11.6 Å². The number of hydrogen-bond donors (Lipinski definition) is 0. The second-order valence-electron chi connectivity index (χ2n) is 4.54. The van der Waals surface area contributed by atoms with Crippen LogP contribution < -0.4 is 5.56 Å². The van der Waals surface area contributed by atoms with E-state index < -0.39 is 0 Å². The van der Waals surface area contributed by atoms with Gasteiger partial charge in [0.2, 0.25) is 0 Å². The molecule has 0 aliphatic heterocycles. The molecular weight excluding hydrogens is 248 g/mol. The normalized spacial score (nSPS) is 14.7. The Kier molecular flexibility index (Phi) is 3.71. The summed E-state index contributed by atoms with van der Waals surface area (Å²) in [6.07, 6.45) is 0.872. The summed E-state index contributed by atoms with van der Waals surface area (Å²) in [6, 6.07) is 7.50. The molecule has 0 bridgehead atoms. The lowest BCUT2D eigenvalue weighted by Crippen LogP contribution is -2.28. The number of hydrogen-bond acceptors (Lipinski definition) is 2. The maximum Gasteiger partial charge on any atom is 0.261 e. The van der Waals surface area contributed by atoms with Gasteiger partial charge in [-0.1, -0.05) is 19.1 Å². The third kappa shape index (κ3) is 2.15. The molecule has 3 nitrogen and oxygen atoms in total. The van der Waals surface area contributed by atoms with Crippen molar-refractivity contribution in [3.8, 4) is 0 Å². The van der Waals surface area contributed by atoms with Crippen molar-refractivity contribution in [1.82, 2.24) is 9.55 Å². The predicted molar refractivity (Wildman–Crippen MR) is 75.3 cm³/mol. The zero-order valence-corrected chi connectivity index (χ0v) is 11.6. The fourth-order valence-electron chi connectivity index (χ4n) is 2.05. The van der Waals surface area contributed by atoms with E-state index in [1.54, 1.807) is 4.57 Å². The Labute approximate surface area is 111 Å². The second-order valence-corrected chi connectivity index (χ2v) is 5.19. The summed E-state index contributed by atoms with van der Waals surface area (Å²) in [5, 5.41) is 0.371. The molecule has 0 fully saturated rings. The summed E-state index contributed by atoms with van der Waals surface area (Å²) in [4.78, 5) is 17.1. The van der Waals surface area contributed by atoms with E-state index in [0.29, 0.717) is 16.7 Å². The highest BCUT2D eigenvalue weighted by atomic mass is 35.5. The average Bonchev–Trinajstić information content (AvgIpc) is 2.37. The van der Waals surface area contributed by atoms with Gasteiger partial charge in [-0.2, -0.15) is 0 Å². The number of fused-ring (bicyclic) bond motifs is 1. The van der Waals surface area contributed by atoms with Crippen LogP contribution in [0, 0.1) is 0 Å². The SMILES string of the molecule is CCC(C)n1c(C(C)Cl)nc2ccccc2c1=O. The van der Waals surface area contributed by atoms with Gasteiger partial charge in [0.15, 0.2) is 0 Å². The van der Waals surface area contributed by atoms with E-state index in [2.05, 4.69) is 11.9 Å². The van der Waals surface area contributed by atoms with Crippen molar-refractivity contribution in [2.75, 3.05) is 0 Å². The Morgan fingerprint density at radius 3 is 2.61 bits per heavy atom. The average molecular weight is 265 g/mol. The largest absolute Gasteiger partial charge is 0.292 e. The highest BCUT2D eigenvalue weighted by Gasteiger charge is 2.17. The molecule has 0 aliphatic rings. The Bertz CT molecular complexity index is 619. The van der Waals surface area contributed by atoms with Crippen molar-refractivity contribution in [1.29, 1.82) is 0 Å². The first kappa shape index (κ1) is 13.1. The molecule has 0 spiro atoms. The standard InChI is InChI=1S/C14H17ClN2O/c1-4-9(2)17-13(10(3)15)16-12-8-6-5-7-11(12)14(17)18/h5-10H,4H2,1-3H3. The highest BCUT2D eigenvalue weighted by Crippen LogP contribution is 2.22. The Hall–Kier alpha value is -1.35. The molecule has 0 amide bonds.